The summed E-state index contributed by atoms with van der Waals surface area (Å²) in [5, 5.41) is 0.689. The van der Waals surface area contributed by atoms with Crippen LogP contribution in [0.15, 0.2) is 59.1 Å². The lowest BCUT2D eigenvalue weighted by Gasteiger charge is -2.09. The van der Waals surface area contributed by atoms with Crippen molar-refractivity contribution in [2.45, 2.75) is 20.5 Å². The van der Waals surface area contributed by atoms with Crippen LogP contribution < -0.4 is 0 Å². The van der Waals surface area contributed by atoms with Gasteiger partial charge in [0, 0.05) is 10.6 Å². The van der Waals surface area contributed by atoms with Crippen LogP contribution in [0, 0.1) is 17.3 Å². The molecule has 3 rings (SSSR count). The predicted molar refractivity (Wildman–Crippen MR) is 107 cm³/mol. The van der Waals surface area contributed by atoms with Crippen LogP contribution in [0.2, 0.25) is 5.02 Å². The molecule has 0 saturated heterocycles. The average Bonchev–Trinajstić information content (AvgIpc) is 3.13. The lowest BCUT2D eigenvalue weighted by atomic mass is 10.0. The molecule has 0 N–H and O–H groups in total. The van der Waals surface area contributed by atoms with Gasteiger partial charge in [-0.3, -0.25) is 4.79 Å². The first kappa shape index (κ1) is 19.3. The van der Waals surface area contributed by atoms with Gasteiger partial charge in [0.05, 0.1) is 5.92 Å². The van der Waals surface area contributed by atoms with Gasteiger partial charge in [0.15, 0.2) is 0 Å². The Morgan fingerprint density at radius 3 is 2.58 bits per heavy atom. The zero-order valence-electron chi connectivity index (χ0n) is 14.5. The number of benzene rings is 2. The average molecular weight is 410 g/mol. The summed E-state index contributed by atoms with van der Waals surface area (Å²) in [6.45, 7) is 4.23. The number of ether oxygens (including phenoxy) is 1. The second-order valence-electron chi connectivity index (χ2n) is 7.07. The Balaban J connectivity index is 1.68. The molecule has 0 aromatic heterocycles. The van der Waals surface area contributed by atoms with E-state index in [2.05, 4.69) is 0 Å². The van der Waals surface area contributed by atoms with Crippen molar-refractivity contribution in [3.63, 3.8) is 0 Å². The van der Waals surface area contributed by atoms with E-state index in [0.717, 1.165) is 16.7 Å². The Kier molecular flexibility index (Phi) is 5.67. The Bertz CT molecular complexity index is 854. The molecule has 0 heterocycles. The predicted octanol–water partition coefficient (Wildman–Crippen LogP) is 6.64. The topological polar surface area (TPSA) is 26.3 Å². The molecule has 26 heavy (non-hydrogen) atoms. The Labute approximate surface area is 168 Å². The molecule has 0 bridgehead atoms. The van der Waals surface area contributed by atoms with Crippen LogP contribution in [0.4, 0.5) is 0 Å². The maximum Gasteiger partial charge on any atom is 0.310 e. The summed E-state index contributed by atoms with van der Waals surface area (Å²) in [6, 6.07) is 15.5. The first-order chi connectivity index (χ1) is 12.3. The molecule has 0 amide bonds. The summed E-state index contributed by atoms with van der Waals surface area (Å²) >= 11 is 17.7. The molecule has 136 valence electrons. The van der Waals surface area contributed by atoms with Crippen molar-refractivity contribution in [2.24, 2.45) is 17.3 Å². The van der Waals surface area contributed by atoms with Crippen molar-refractivity contribution in [3.8, 4) is 11.1 Å². The van der Waals surface area contributed by atoms with Gasteiger partial charge in [-0.15, -0.1) is 0 Å². The van der Waals surface area contributed by atoms with Gasteiger partial charge < -0.3 is 4.74 Å². The fourth-order valence-electron chi connectivity index (χ4n) is 3.34. The van der Waals surface area contributed by atoms with Crippen molar-refractivity contribution in [1.29, 1.82) is 0 Å². The largest absolute Gasteiger partial charge is 0.461 e. The quantitative estimate of drug-likeness (QED) is 0.517. The van der Waals surface area contributed by atoms with Crippen molar-refractivity contribution in [3.05, 3.63) is 69.7 Å². The van der Waals surface area contributed by atoms with E-state index >= 15 is 0 Å². The van der Waals surface area contributed by atoms with Gasteiger partial charge in [-0.2, -0.15) is 0 Å². The number of hydrogen-bond donors (Lipinski definition) is 0. The second-order valence-corrected chi connectivity index (χ2v) is 8.48. The number of hydrogen-bond acceptors (Lipinski definition) is 2. The standard InChI is InChI=1S/C21H19Cl3O2/c1-21(2)16(11-18(23)24)19(21)20(25)26-12-13-6-5-7-14(10-13)15-8-3-4-9-17(15)22/h3-11,16,19H,12H2,1-2H3/t16-,19-/m1/s1. The number of carbonyl (C=O) groups excluding carboxylic acids is 1. The molecule has 0 aliphatic heterocycles. The lowest BCUT2D eigenvalue weighted by Crippen LogP contribution is -2.10. The Morgan fingerprint density at radius 1 is 1.15 bits per heavy atom. The third kappa shape index (κ3) is 4.09. The second kappa shape index (κ2) is 7.64. The monoisotopic (exact) mass is 408 g/mol. The van der Waals surface area contributed by atoms with E-state index in [1.807, 2.05) is 62.4 Å². The van der Waals surface area contributed by atoms with E-state index in [4.69, 9.17) is 39.5 Å². The highest BCUT2D eigenvalue weighted by Gasteiger charge is 2.61. The van der Waals surface area contributed by atoms with Gasteiger partial charge in [-0.25, -0.2) is 0 Å². The summed E-state index contributed by atoms with van der Waals surface area (Å²) in [4.78, 5) is 12.4. The molecule has 0 unspecified atom stereocenters. The van der Waals surface area contributed by atoms with Crippen LogP contribution in [0.25, 0.3) is 11.1 Å². The van der Waals surface area contributed by atoms with E-state index in [1.54, 1.807) is 6.08 Å². The molecule has 1 saturated carbocycles. The van der Waals surface area contributed by atoms with E-state index in [0.29, 0.717) is 5.02 Å². The molecule has 2 aromatic rings. The maximum atomic E-state index is 12.4. The molecule has 0 radical (unpaired) electrons. The van der Waals surface area contributed by atoms with Crippen LogP contribution in [0.3, 0.4) is 0 Å². The molecule has 1 fully saturated rings. The maximum absolute atomic E-state index is 12.4. The van der Waals surface area contributed by atoms with Gasteiger partial charge in [-0.05, 0) is 40.7 Å². The van der Waals surface area contributed by atoms with Gasteiger partial charge in [-0.1, -0.05) is 85.0 Å². The summed E-state index contributed by atoms with van der Waals surface area (Å²) in [5.41, 5.74) is 2.67. The highest BCUT2D eigenvalue weighted by atomic mass is 35.5. The summed E-state index contributed by atoms with van der Waals surface area (Å²) in [7, 11) is 0. The first-order valence-electron chi connectivity index (χ1n) is 8.34. The Hall–Kier alpha value is -1.48. The van der Waals surface area contributed by atoms with Gasteiger partial charge in [0.25, 0.3) is 0 Å². The zero-order valence-corrected chi connectivity index (χ0v) is 16.8. The summed E-state index contributed by atoms with van der Waals surface area (Å²) < 4.78 is 5.72. The SMILES string of the molecule is CC1(C)[C@H](C=C(Cl)Cl)[C@@H]1C(=O)OCc1cccc(-c2ccccc2Cl)c1. The van der Waals surface area contributed by atoms with Gasteiger partial charge in [0.1, 0.15) is 11.1 Å². The fourth-order valence-corrected chi connectivity index (χ4v) is 3.86. The Morgan fingerprint density at radius 2 is 1.88 bits per heavy atom. The minimum atomic E-state index is -0.228. The normalized spacial score (nSPS) is 20.3. The number of rotatable bonds is 5. The fraction of sp³-hybridized carbons (Fsp3) is 0.286. The van der Waals surface area contributed by atoms with E-state index in [1.165, 1.54) is 0 Å². The zero-order chi connectivity index (χ0) is 18.9. The molecular formula is C21H19Cl3O2. The molecular weight excluding hydrogens is 391 g/mol. The van der Waals surface area contributed by atoms with Gasteiger partial charge >= 0.3 is 5.97 Å². The van der Waals surface area contributed by atoms with Crippen LogP contribution in [-0.4, -0.2) is 5.97 Å². The highest BCUT2D eigenvalue weighted by Crippen LogP contribution is 2.60. The minimum Gasteiger partial charge on any atom is -0.461 e. The van der Waals surface area contributed by atoms with Crippen molar-refractivity contribution >= 4 is 40.8 Å². The minimum absolute atomic E-state index is 0.00876. The van der Waals surface area contributed by atoms with Gasteiger partial charge in [0.2, 0.25) is 0 Å². The lowest BCUT2D eigenvalue weighted by molar-refractivity contribution is -0.147. The molecule has 1 aliphatic rings. The van der Waals surface area contributed by atoms with Crippen molar-refractivity contribution < 1.29 is 9.53 Å². The third-order valence-electron chi connectivity index (χ3n) is 4.96. The highest BCUT2D eigenvalue weighted by molar-refractivity contribution is 6.55. The summed E-state index contributed by atoms with van der Waals surface area (Å²) in [6.07, 6.45) is 1.72. The van der Waals surface area contributed by atoms with Crippen LogP contribution in [-0.2, 0) is 16.1 Å². The number of carbonyl (C=O) groups is 1. The number of esters is 1. The van der Waals surface area contributed by atoms with Crippen LogP contribution >= 0.6 is 34.8 Å². The molecule has 1 aliphatic carbocycles. The number of allylic oxidation sites excluding steroid dienone is 1. The smallest absolute Gasteiger partial charge is 0.310 e. The summed E-state index contributed by atoms with van der Waals surface area (Å²) in [5.74, 6) is -0.440. The molecule has 0 spiro atoms. The van der Waals surface area contributed by atoms with Crippen molar-refractivity contribution in [1.82, 2.24) is 0 Å². The third-order valence-corrected chi connectivity index (χ3v) is 5.54. The molecule has 5 heteroatoms. The number of halogens is 3. The molecule has 2 aromatic carbocycles. The molecule has 2 atom stereocenters. The van der Waals surface area contributed by atoms with Crippen LogP contribution in [0.5, 0.6) is 0 Å². The van der Waals surface area contributed by atoms with E-state index in [9.17, 15) is 4.79 Å². The van der Waals surface area contributed by atoms with E-state index in [-0.39, 0.29) is 34.3 Å². The first-order valence-corrected chi connectivity index (χ1v) is 9.47. The van der Waals surface area contributed by atoms with E-state index < -0.39 is 0 Å². The van der Waals surface area contributed by atoms with Crippen LogP contribution in [0.1, 0.15) is 19.4 Å². The molecule has 2 nitrogen and oxygen atoms in total. The van der Waals surface area contributed by atoms with Crippen molar-refractivity contribution in [2.75, 3.05) is 0 Å².